The summed E-state index contributed by atoms with van der Waals surface area (Å²) >= 11 is 7.76. The molecule has 4 rings (SSSR count). The van der Waals surface area contributed by atoms with Gasteiger partial charge in [-0.05, 0) is 49.7 Å². The molecule has 1 aromatic carbocycles. The van der Waals surface area contributed by atoms with Gasteiger partial charge >= 0.3 is 0 Å². The van der Waals surface area contributed by atoms with Crippen LogP contribution in [-0.2, 0) is 4.43 Å². The summed E-state index contributed by atoms with van der Waals surface area (Å²) in [6.07, 6.45) is 3.76. The summed E-state index contributed by atoms with van der Waals surface area (Å²) in [4.78, 5) is 35.7. The van der Waals surface area contributed by atoms with E-state index in [9.17, 15) is 9.59 Å². The van der Waals surface area contributed by atoms with E-state index in [0.29, 0.717) is 34.4 Å². The van der Waals surface area contributed by atoms with Gasteiger partial charge in [0.25, 0.3) is 11.8 Å². The molecule has 0 aliphatic carbocycles. The average molecular weight is 603 g/mol. The second-order valence-electron chi connectivity index (χ2n) is 11.2. The Labute approximate surface area is 245 Å². The third-order valence-corrected chi connectivity index (χ3v) is 12.5. The maximum absolute atomic E-state index is 13.0. The number of benzene rings is 1. The van der Waals surface area contributed by atoms with Crippen LogP contribution in [0.2, 0.25) is 23.2 Å². The molecule has 0 bridgehead atoms. The van der Waals surface area contributed by atoms with Crippen molar-refractivity contribution in [1.29, 1.82) is 0 Å². The van der Waals surface area contributed by atoms with Gasteiger partial charge in [0.2, 0.25) is 5.88 Å². The Balaban J connectivity index is 1.54. The largest absolute Gasteiger partial charge is 0.488 e. The molecular formula is C28H35ClN4O5SSi. The molecule has 0 unspecified atom stereocenters. The summed E-state index contributed by atoms with van der Waals surface area (Å²) in [6, 6.07) is 6.42. The van der Waals surface area contributed by atoms with Gasteiger partial charge in [-0.15, -0.1) is 11.3 Å². The monoisotopic (exact) mass is 602 g/mol. The van der Waals surface area contributed by atoms with Gasteiger partial charge in [0.15, 0.2) is 13.4 Å². The minimum Gasteiger partial charge on any atom is -0.488 e. The smallest absolute Gasteiger partial charge is 0.257 e. The molecule has 1 saturated heterocycles. The Hall–Kier alpha value is -2.99. The number of anilines is 1. The number of pyridine rings is 1. The van der Waals surface area contributed by atoms with E-state index in [1.54, 1.807) is 40.7 Å². The van der Waals surface area contributed by atoms with E-state index in [4.69, 9.17) is 25.5 Å². The van der Waals surface area contributed by atoms with Crippen LogP contribution in [0.15, 0.2) is 42.0 Å². The molecule has 214 valence electrons. The van der Waals surface area contributed by atoms with Crippen LogP contribution in [0.1, 0.15) is 54.8 Å². The molecule has 0 radical (unpaired) electrons. The topological polar surface area (TPSA) is 103 Å². The van der Waals surface area contributed by atoms with Crippen LogP contribution >= 0.6 is 22.9 Å². The minimum absolute atomic E-state index is 0.0727. The van der Waals surface area contributed by atoms with Gasteiger partial charge in [-0.1, -0.05) is 32.4 Å². The van der Waals surface area contributed by atoms with Crippen molar-refractivity contribution in [2.45, 2.75) is 58.4 Å². The number of amides is 2. The highest BCUT2D eigenvalue weighted by atomic mass is 35.5. The lowest BCUT2D eigenvalue weighted by Crippen LogP contribution is -2.43. The van der Waals surface area contributed by atoms with Crippen LogP contribution in [0.4, 0.5) is 5.13 Å². The lowest BCUT2D eigenvalue weighted by Gasteiger charge is -2.36. The van der Waals surface area contributed by atoms with E-state index in [2.05, 4.69) is 49.1 Å². The highest BCUT2D eigenvalue weighted by molar-refractivity contribution is 7.13. The van der Waals surface area contributed by atoms with Crippen molar-refractivity contribution in [3.05, 3.63) is 58.2 Å². The summed E-state index contributed by atoms with van der Waals surface area (Å²) in [5.74, 6) is 0.353. The number of carbonyl (C=O) groups excluding carboxylic acids is 2. The van der Waals surface area contributed by atoms with Gasteiger partial charge in [0.05, 0.1) is 12.2 Å². The molecule has 1 aliphatic heterocycles. The van der Waals surface area contributed by atoms with Crippen molar-refractivity contribution in [2.24, 2.45) is 0 Å². The van der Waals surface area contributed by atoms with E-state index in [0.717, 1.165) is 19.5 Å². The molecule has 0 spiro atoms. The number of carbonyl (C=O) groups is 2. The molecule has 1 aliphatic rings. The number of likely N-dealkylation sites (tertiary alicyclic amines) is 1. The molecule has 1 atom stereocenters. The molecule has 12 heteroatoms. The van der Waals surface area contributed by atoms with Crippen molar-refractivity contribution in [2.75, 3.05) is 25.0 Å². The molecule has 3 heterocycles. The van der Waals surface area contributed by atoms with Gasteiger partial charge < -0.3 is 18.8 Å². The molecule has 1 fully saturated rings. The first-order valence-electron chi connectivity index (χ1n) is 13.1. The second kappa shape index (κ2) is 12.3. The third kappa shape index (κ3) is 7.39. The number of hydrogen-bond donors (Lipinski definition) is 1. The van der Waals surface area contributed by atoms with Gasteiger partial charge in [0, 0.05) is 42.5 Å². The molecule has 0 saturated carbocycles. The van der Waals surface area contributed by atoms with Crippen LogP contribution in [0.25, 0.3) is 0 Å². The fourth-order valence-corrected chi connectivity index (χ4v) is 5.34. The van der Waals surface area contributed by atoms with Gasteiger partial charge in [-0.25, -0.2) is 9.97 Å². The number of nitrogens with zero attached hydrogens (tertiary/aromatic N) is 3. The summed E-state index contributed by atoms with van der Waals surface area (Å²) in [5, 5.41) is 5.28. The van der Waals surface area contributed by atoms with E-state index < -0.39 is 8.32 Å². The van der Waals surface area contributed by atoms with Crippen molar-refractivity contribution < 1.29 is 23.5 Å². The maximum atomic E-state index is 13.0. The molecule has 1 N–H and O–H groups in total. The molecule has 2 aromatic heterocycles. The number of rotatable bonds is 10. The molecular weight excluding hydrogens is 568 g/mol. The van der Waals surface area contributed by atoms with Gasteiger partial charge in [-0.3, -0.25) is 14.9 Å². The summed E-state index contributed by atoms with van der Waals surface area (Å²) in [7, 11) is -1.96. The predicted molar refractivity (Wildman–Crippen MR) is 160 cm³/mol. The fraction of sp³-hybridized carbons (Fsp3) is 0.429. The van der Waals surface area contributed by atoms with E-state index in [-0.39, 0.29) is 33.9 Å². The second-order valence-corrected chi connectivity index (χ2v) is 17.4. The highest BCUT2D eigenvalue weighted by Crippen LogP contribution is 2.37. The maximum Gasteiger partial charge on any atom is 0.257 e. The first-order chi connectivity index (χ1) is 18.8. The fourth-order valence-electron chi connectivity index (χ4n) is 3.52. The summed E-state index contributed by atoms with van der Waals surface area (Å²) < 4.78 is 18.5. The van der Waals surface area contributed by atoms with Crippen LogP contribution in [0, 0.1) is 0 Å². The highest BCUT2D eigenvalue weighted by Gasteiger charge is 2.37. The quantitative estimate of drug-likeness (QED) is 0.253. The van der Waals surface area contributed by atoms with Crippen LogP contribution < -0.4 is 14.8 Å². The van der Waals surface area contributed by atoms with Crippen molar-refractivity contribution in [3.63, 3.8) is 0 Å². The molecule has 3 aromatic rings. The normalized spacial score (nSPS) is 14.3. The zero-order valence-electron chi connectivity index (χ0n) is 23.6. The van der Waals surface area contributed by atoms with E-state index >= 15 is 0 Å². The van der Waals surface area contributed by atoms with Gasteiger partial charge in [-0.2, -0.15) is 0 Å². The van der Waals surface area contributed by atoms with E-state index in [1.807, 2.05) is 6.92 Å². The number of ether oxygens (including phenoxy) is 2. The predicted octanol–water partition coefficient (Wildman–Crippen LogP) is 6.87. The zero-order valence-corrected chi connectivity index (χ0v) is 26.2. The SMILES string of the molecule is C[C@@H](CO[Si](C)(C)C(C)(C)C)Oc1cc(Oc2ncc(C(=O)N3CCC3)cc2Cl)cc(C(=O)Nc2nccs2)c1. The third-order valence-electron chi connectivity index (χ3n) is 7.03. The average Bonchev–Trinajstić information content (AvgIpc) is 3.35. The lowest BCUT2D eigenvalue weighted by atomic mass is 10.1. The number of aromatic nitrogens is 2. The number of halogens is 1. The number of thiazole rings is 1. The lowest BCUT2D eigenvalue weighted by molar-refractivity contribution is 0.0651. The Bertz CT molecular complexity index is 1360. The standard InChI is InChI=1S/C28H35ClN4O5SSi/c1-18(17-36-40(5,6)28(2,3)4)37-21-12-19(24(34)32-27-30-8-11-39-27)13-22(15-21)38-25-23(29)14-20(16-31-25)26(35)33-9-7-10-33/h8,11-16,18H,7,9-10,17H2,1-6H3,(H,30,32,34)/t18-/m0/s1. The molecule has 40 heavy (non-hydrogen) atoms. The number of hydrogen-bond acceptors (Lipinski definition) is 8. The summed E-state index contributed by atoms with van der Waals surface area (Å²) in [6.45, 7) is 14.7. The van der Waals surface area contributed by atoms with Crippen molar-refractivity contribution >= 4 is 48.2 Å². The van der Waals surface area contributed by atoms with Crippen LogP contribution in [-0.4, -0.2) is 60.8 Å². The Morgan fingerprint density at radius 3 is 2.45 bits per heavy atom. The summed E-state index contributed by atoms with van der Waals surface area (Å²) in [5.41, 5.74) is 0.703. The number of nitrogens with one attached hydrogen (secondary N) is 1. The molecule has 2 amide bonds. The van der Waals surface area contributed by atoms with Crippen molar-refractivity contribution in [1.82, 2.24) is 14.9 Å². The first kappa shape index (κ1) is 30.0. The minimum atomic E-state index is -1.96. The molecule has 9 nitrogen and oxygen atoms in total. The Kier molecular flexibility index (Phi) is 9.18. The zero-order chi connectivity index (χ0) is 29.1. The Morgan fingerprint density at radius 2 is 1.85 bits per heavy atom. The van der Waals surface area contributed by atoms with Crippen LogP contribution in [0.5, 0.6) is 17.4 Å². The van der Waals surface area contributed by atoms with Gasteiger partial charge in [0.1, 0.15) is 22.6 Å². The van der Waals surface area contributed by atoms with E-state index in [1.165, 1.54) is 17.5 Å². The van der Waals surface area contributed by atoms with Crippen molar-refractivity contribution in [3.8, 4) is 17.4 Å². The first-order valence-corrected chi connectivity index (χ1v) is 17.3. The Morgan fingerprint density at radius 1 is 1.12 bits per heavy atom. The van der Waals surface area contributed by atoms with Crippen LogP contribution in [0.3, 0.4) is 0 Å².